The normalized spacial score (nSPS) is 16.6. The summed E-state index contributed by atoms with van der Waals surface area (Å²) in [6, 6.07) is 6.59. The summed E-state index contributed by atoms with van der Waals surface area (Å²) in [7, 11) is -8.39. The molecule has 35 heavy (non-hydrogen) atoms. The summed E-state index contributed by atoms with van der Waals surface area (Å²) < 4.78 is 51.1. The van der Waals surface area contributed by atoms with Crippen LogP contribution in [0.1, 0.15) is 23.1 Å². The molecule has 2 aromatic carbocycles. The van der Waals surface area contributed by atoms with Gasteiger partial charge in [0.1, 0.15) is 23.0 Å². The number of hydrogen-bond acceptors (Lipinski definition) is 11. The van der Waals surface area contributed by atoms with E-state index in [2.05, 4.69) is 19.7 Å². The van der Waals surface area contributed by atoms with E-state index >= 15 is 0 Å². The van der Waals surface area contributed by atoms with Crippen LogP contribution < -0.4 is 15.2 Å². The molecule has 3 rings (SSSR count). The minimum atomic E-state index is -4.26. The number of benzene rings is 2. The van der Waals surface area contributed by atoms with Crippen molar-refractivity contribution in [2.45, 2.75) is 42.0 Å². The molecule has 0 fully saturated rings. The van der Waals surface area contributed by atoms with Crippen LogP contribution in [0, 0.1) is 20.2 Å². The Labute approximate surface area is 203 Å². The molecule has 0 saturated carbocycles. The summed E-state index contributed by atoms with van der Waals surface area (Å²) in [6.45, 7) is -0.808. The lowest BCUT2D eigenvalue weighted by Gasteiger charge is -2.28. The molecule has 0 amide bonds. The Balaban J connectivity index is 1.81. The Hall–Kier alpha value is -3.25. The number of anilines is 1. The summed E-state index contributed by atoms with van der Waals surface area (Å²) in [5, 5.41) is 26.8. The molecule has 1 heterocycles. The quantitative estimate of drug-likeness (QED) is 0.279. The minimum Gasteiger partial charge on any atom is -0.368 e. The molecule has 0 saturated heterocycles. The average molecular weight is 552 g/mol. The Kier molecular flexibility index (Phi) is 7.65. The predicted molar refractivity (Wildman–Crippen MR) is 119 cm³/mol. The number of sulfonamides is 2. The fraction of sp³-hybridized carbons (Fsp3) is 0.294. The highest BCUT2D eigenvalue weighted by Gasteiger charge is 2.31. The lowest BCUT2D eigenvalue weighted by Crippen LogP contribution is -2.45. The van der Waals surface area contributed by atoms with Gasteiger partial charge in [-0.3, -0.25) is 0 Å². The van der Waals surface area contributed by atoms with Crippen LogP contribution in [-0.2, 0) is 49.4 Å². The van der Waals surface area contributed by atoms with E-state index in [1.807, 2.05) is 0 Å². The van der Waals surface area contributed by atoms with Gasteiger partial charge in [0, 0.05) is 0 Å². The summed E-state index contributed by atoms with van der Waals surface area (Å²) >= 11 is 5.96. The van der Waals surface area contributed by atoms with Gasteiger partial charge in [0.15, 0.2) is 0 Å². The highest BCUT2D eigenvalue weighted by molar-refractivity contribution is 7.90. The molecule has 4 N–H and O–H groups in total. The van der Waals surface area contributed by atoms with E-state index in [-0.39, 0.29) is 28.4 Å². The first-order chi connectivity index (χ1) is 16.2. The fourth-order valence-electron chi connectivity index (χ4n) is 3.40. The van der Waals surface area contributed by atoms with E-state index in [0.717, 1.165) is 12.1 Å². The van der Waals surface area contributed by atoms with Crippen LogP contribution in [0.15, 0.2) is 40.1 Å². The third-order valence-electron chi connectivity index (χ3n) is 4.76. The first-order valence-corrected chi connectivity index (χ1v) is 13.0. The molecular weight excluding hydrogens is 534 g/mol. The van der Waals surface area contributed by atoms with Crippen LogP contribution in [0.2, 0.25) is 5.02 Å². The maximum Gasteiger partial charge on any atom is 0.294 e. The molecule has 0 radical (unpaired) electrons. The second-order valence-electron chi connectivity index (χ2n) is 7.33. The topological polar surface area (TPSA) is 223 Å². The fourth-order valence-corrected chi connectivity index (χ4v) is 5.94. The van der Waals surface area contributed by atoms with Gasteiger partial charge in [-0.1, -0.05) is 29.8 Å². The van der Waals surface area contributed by atoms with Crippen LogP contribution in [0.25, 0.3) is 0 Å². The zero-order valence-electron chi connectivity index (χ0n) is 17.5. The first kappa shape index (κ1) is 26.4. The number of halogens is 1. The third-order valence-corrected chi connectivity index (χ3v) is 7.65. The number of rotatable bonds is 10. The van der Waals surface area contributed by atoms with E-state index in [4.69, 9.17) is 16.7 Å². The van der Waals surface area contributed by atoms with Crippen LogP contribution in [0.4, 0.5) is 5.69 Å². The summed E-state index contributed by atoms with van der Waals surface area (Å²) in [5.41, 5.74) is 1.35. The van der Waals surface area contributed by atoms with Crippen molar-refractivity contribution in [1.29, 1.82) is 0 Å². The predicted octanol–water partition coefficient (Wildman–Crippen LogP) is 1.07. The van der Waals surface area contributed by atoms with Crippen molar-refractivity contribution in [2.75, 3.05) is 5.32 Å². The molecule has 0 aliphatic carbocycles. The molecule has 2 aromatic rings. The second kappa shape index (κ2) is 10.2. The molecule has 1 unspecified atom stereocenters. The van der Waals surface area contributed by atoms with Gasteiger partial charge in [-0.05, 0) is 41.7 Å². The highest BCUT2D eigenvalue weighted by Crippen LogP contribution is 2.34. The summed E-state index contributed by atoms with van der Waals surface area (Å²) in [6.07, 6.45) is -0.431. The average Bonchev–Trinajstić information content (AvgIpc) is 2.73. The summed E-state index contributed by atoms with van der Waals surface area (Å²) in [4.78, 5) is 28.8. The molecule has 1 atom stereocenters. The van der Waals surface area contributed by atoms with Gasteiger partial charge in [0.2, 0.25) is 20.0 Å². The van der Waals surface area contributed by atoms with Gasteiger partial charge in [0.25, 0.3) is 10.2 Å². The largest absolute Gasteiger partial charge is 0.368 e. The molecule has 0 spiro atoms. The zero-order valence-corrected chi connectivity index (χ0v) is 19.9. The molecule has 0 bridgehead atoms. The SMILES string of the molecule is NS(=O)(=O)c1cc2c(cc1Cl)NC(CCc1cc(CO[N+](=O)[O-])cc(CO[N+](=O)[O-])c1)NS2(=O)=O. The first-order valence-electron chi connectivity index (χ1n) is 9.56. The number of hydrogen-bond donors (Lipinski definition) is 3. The standard InChI is InChI=1S/C17H18ClN5O10S2/c18-13-6-14-16(7-15(13)34(19,28)29)35(30,31)21-17(20-14)2-1-10-3-11(8-32-22(24)25)5-12(4-10)9-33-23(26)27/h3-7,17,20-21H,1-2,8-9H2,(H2,19,28,29). The van der Waals surface area contributed by atoms with Gasteiger partial charge in [-0.15, -0.1) is 20.2 Å². The van der Waals surface area contributed by atoms with Gasteiger partial charge in [0.05, 0.1) is 16.9 Å². The number of aryl methyl sites for hydroxylation is 1. The molecule has 1 aliphatic rings. The van der Waals surface area contributed by atoms with Crippen molar-refractivity contribution in [3.63, 3.8) is 0 Å². The van der Waals surface area contributed by atoms with E-state index < -0.39 is 54.5 Å². The van der Waals surface area contributed by atoms with E-state index in [9.17, 15) is 37.1 Å². The second-order valence-corrected chi connectivity index (χ2v) is 11.0. The molecule has 190 valence electrons. The van der Waals surface area contributed by atoms with Crippen LogP contribution in [0.3, 0.4) is 0 Å². The van der Waals surface area contributed by atoms with Crippen LogP contribution >= 0.6 is 11.6 Å². The van der Waals surface area contributed by atoms with Gasteiger partial charge in [-0.25, -0.2) is 22.0 Å². The third kappa shape index (κ3) is 6.89. The molecule has 18 heteroatoms. The molecule has 15 nitrogen and oxygen atoms in total. The number of nitrogens with one attached hydrogen (secondary N) is 2. The van der Waals surface area contributed by atoms with Crippen LogP contribution in [0.5, 0.6) is 0 Å². The van der Waals surface area contributed by atoms with Crippen molar-refractivity contribution in [2.24, 2.45) is 5.14 Å². The lowest BCUT2D eigenvalue weighted by atomic mass is 10.0. The Morgan fingerprint density at radius 2 is 1.54 bits per heavy atom. The van der Waals surface area contributed by atoms with E-state index in [1.165, 1.54) is 6.07 Å². The van der Waals surface area contributed by atoms with Crippen molar-refractivity contribution in [3.8, 4) is 0 Å². The van der Waals surface area contributed by atoms with Crippen molar-refractivity contribution >= 4 is 37.3 Å². The monoisotopic (exact) mass is 551 g/mol. The highest BCUT2D eigenvalue weighted by atomic mass is 35.5. The minimum absolute atomic E-state index is 0.0688. The maximum absolute atomic E-state index is 12.7. The van der Waals surface area contributed by atoms with E-state index in [0.29, 0.717) is 16.7 Å². The smallest absolute Gasteiger partial charge is 0.294 e. The Morgan fingerprint density at radius 1 is 1.00 bits per heavy atom. The number of nitrogens with two attached hydrogens (primary N) is 1. The zero-order chi connectivity index (χ0) is 26.0. The molecule has 0 aromatic heterocycles. The number of fused-ring (bicyclic) bond motifs is 1. The van der Waals surface area contributed by atoms with Crippen molar-refractivity contribution < 1.29 is 36.7 Å². The van der Waals surface area contributed by atoms with Gasteiger partial charge in [-0.2, -0.15) is 4.72 Å². The Morgan fingerprint density at radius 3 is 2.06 bits per heavy atom. The van der Waals surface area contributed by atoms with E-state index in [1.54, 1.807) is 12.1 Å². The van der Waals surface area contributed by atoms with Crippen molar-refractivity contribution in [1.82, 2.24) is 4.72 Å². The Bertz CT molecular complexity index is 1350. The van der Waals surface area contributed by atoms with Crippen molar-refractivity contribution in [3.05, 3.63) is 72.3 Å². The van der Waals surface area contributed by atoms with Gasteiger partial charge < -0.3 is 15.0 Å². The van der Waals surface area contributed by atoms with Crippen LogP contribution in [-0.4, -0.2) is 33.2 Å². The molecule has 1 aliphatic heterocycles. The molecular formula is C17H18ClN5O10S2. The number of nitrogens with zero attached hydrogens (tertiary/aromatic N) is 2. The summed E-state index contributed by atoms with van der Waals surface area (Å²) in [5.74, 6) is 0. The number of primary sulfonamides is 1. The van der Waals surface area contributed by atoms with Gasteiger partial charge >= 0.3 is 0 Å². The maximum atomic E-state index is 12.7. The lowest BCUT2D eigenvalue weighted by molar-refractivity contribution is -0.763.